The van der Waals surface area contributed by atoms with E-state index in [0.29, 0.717) is 12.0 Å². The van der Waals surface area contributed by atoms with Gasteiger partial charge in [0.25, 0.3) is 0 Å². The maximum atomic E-state index is 8.47. The lowest BCUT2D eigenvalue weighted by Gasteiger charge is -2.26. The van der Waals surface area contributed by atoms with Gasteiger partial charge in [0.1, 0.15) is 0 Å². The molecule has 0 amide bonds. The normalized spacial score (nSPS) is 11.6. The van der Waals surface area contributed by atoms with Gasteiger partial charge in [-0.1, -0.05) is 27.7 Å². The van der Waals surface area contributed by atoms with Gasteiger partial charge in [0, 0.05) is 6.54 Å². The average Bonchev–Trinajstić information content (AvgIpc) is 1.84. The summed E-state index contributed by atoms with van der Waals surface area (Å²) in [6, 6.07) is 2.17. The highest BCUT2D eigenvalue weighted by molar-refractivity contribution is 4.78. The molecule has 0 bridgehead atoms. The predicted octanol–water partition coefficient (Wildman–Crippen LogP) is 1.88. The van der Waals surface area contributed by atoms with E-state index in [4.69, 9.17) is 5.26 Å². The van der Waals surface area contributed by atoms with E-state index in [9.17, 15) is 0 Å². The van der Waals surface area contributed by atoms with Gasteiger partial charge in [-0.15, -0.1) is 0 Å². The van der Waals surface area contributed by atoms with Crippen LogP contribution in [0.3, 0.4) is 0 Å². The Kier molecular flexibility index (Phi) is 4.14. The Bertz CT molecular complexity index is 139. The highest BCUT2D eigenvalue weighted by Gasteiger charge is 2.14. The van der Waals surface area contributed by atoms with Crippen LogP contribution in [-0.2, 0) is 0 Å². The van der Waals surface area contributed by atoms with Gasteiger partial charge in [-0.3, -0.25) is 4.90 Å². The van der Waals surface area contributed by atoms with Crippen molar-refractivity contribution < 1.29 is 0 Å². The average molecular weight is 154 g/mol. The number of nitrogens with zero attached hydrogens (tertiary/aromatic N) is 2. The van der Waals surface area contributed by atoms with Gasteiger partial charge in [0.15, 0.2) is 0 Å². The summed E-state index contributed by atoms with van der Waals surface area (Å²) in [4.78, 5) is 2.15. The van der Waals surface area contributed by atoms with Crippen molar-refractivity contribution in [3.05, 3.63) is 0 Å². The topological polar surface area (TPSA) is 27.0 Å². The zero-order valence-electron chi connectivity index (χ0n) is 8.02. The Morgan fingerprint density at radius 1 is 1.36 bits per heavy atom. The molecule has 0 fully saturated rings. The summed E-state index contributed by atoms with van der Waals surface area (Å²) in [6.07, 6.45) is 0. The van der Waals surface area contributed by atoms with Crippen LogP contribution in [0.15, 0.2) is 0 Å². The first kappa shape index (κ1) is 10.4. The molecule has 0 radical (unpaired) electrons. The Labute approximate surface area is 69.8 Å². The van der Waals surface area contributed by atoms with Crippen LogP contribution in [0, 0.1) is 16.7 Å². The van der Waals surface area contributed by atoms with Crippen molar-refractivity contribution in [3.63, 3.8) is 0 Å². The SMILES string of the molecule is CCN(CC#N)CC(C)(C)C. The van der Waals surface area contributed by atoms with Crippen LogP contribution in [0.1, 0.15) is 27.7 Å². The summed E-state index contributed by atoms with van der Waals surface area (Å²) >= 11 is 0. The summed E-state index contributed by atoms with van der Waals surface area (Å²) in [7, 11) is 0. The molecule has 0 unspecified atom stereocenters. The molecule has 0 aliphatic rings. The van der Waals surface area contributed by atoms with Crippen molar-refractivity contribution >= 4 is 0 Å². The first-order valence-corrected chi connectivity index (χ1v) is 4.09. The van der Waals surface area contributed by atoms with Crippen molar-refractivity contribution in [1.82, 2.24) is 4.90 Å². The van der Waals surface area contributed by atoms with Gasteiger partial charge in [-0.2, -0.15) is 5.26 Å². The van der Waals surface area contributed by atoms with E-state index in [0.717, 1.165) is 13.1 Å². The Morgan fingerprint density at radius 3 is 2.18 bits per heavy atom. The molecule has 0 aromatic carbocycles. The molecular weight excluding hydrogens is 136 g/mol. The summed E-state index contributed by atoms with van der Waals surface area (Å²) in [5.41, 5.74) is 0.298. The van der Waals surface area contributed by atoms with Crippen molar-refractivity contribution in [1.29, 1.82) is 5.26 Å². The lowest BCUT2D eigenvalue weighted by atomic mass is 9.96. The smallest absolute Gasteiger partial charge is 0.0866 e. The third-order valence-corrected chi connectivity index (χ3v) is 1.44. The molecule has 0 rings (SSSR count). The van der Waals surface area contributed by atoms with E-state index in [1.54, 1.807) is 0 Å². The molecule has 0 aromatic heterocycles. The van der Waals surface area contributed by atoms with Crippen LogP contribution in [0.5, 0.6) is 0 Å². The molecule has 0 atom stereocenters. The Morgan fingerprint density at radius 2 is 1.91 bits per heavy atom. The number of nitriles is 1. The minimum Gasteiger partial charge on any atom is -0.290 e. The Hall–Kier alpha value is -0.550. The van der Waals surface area contributed by atoms with E-state index in [-0.39, 0.29) is 0 Å². The van der Waals surface area contributed by atoms with Crippen molar-refractivity contribution in [2.75, 3.05) is 19.6 Å². The van der Waals surface area contributed by atoms with Gasteiger partial charge in [0.05, 0.1) is 12.6 Å². The van der Waals surface area contributed by atoms with Crippen LogP contribution in [0.4, 0.5) is 0 Å². The van der Waals surface area contributed by atoms with Gasteiger partial charge in [0.2, 0.25) is 0 Å². The fourth-order valence-electron chi connectivity index (χ4n) is 1.05. The largest absolute Gasteiger partial charge is 0.290 e. The van der Waals surface area contributed by atoms with Crippen molar-refractivity contribution in [2.45, 2.75) is 27.7 Å². The molecule has 2 heteroatoms. The van der Waals surface area contributed by atoms with E-state index >= 15 is 0 Å². The van der Waals surface area contributed by atoms with E-state index in [1.807, 2.05) is 0 Å². The third kappa shape index (κ3) is 5.87. The molecule has 11 heavy (non-hydrogen) atoms. The quantitative estimate of drug-likeness (QED) is 0.580. The van der Waals surface area contributed by atoms with Gasteiger partial charge in [-0.25, -0.2) is 0 Å². The second-order valence-electron chi connectivity index (χ2n) is 4.02. The summed E-state index contributed by atoms with van der Waals surface area (Å²) < 4.78 is 0. The molecule has 2 nitrogen and oxygen atoms in total. The highest BCUT2D eigenvalue weighted by Crippen LogP contribution is 2.14. The van der Waals surface area contributed by atoms with Crippen molar-refractivity contribution in [3.8, 4) is 6.07 Å². The summed E-state index contributed by atoms with van der Waals surface area (Å²) in [5.74, 6) is 0. The van der Waals surface area contributed by atoms with E-state index in [1.165, 1.54) is 0 Å². The van der Waals surface area contributed by atoms with Crippen LogP contribution in [0.25, 0.3) is 0 Å². The monoisotopic (exact) mass is 154 g/mol. The Balaban J connectivity index is 3.80. The van der Waals surface area contributed by atoms with Crippen LogP contribution >= 0.6 is 0 Å². The van der Waals surface area contributed by atoms with Crippen molar-refractivity contribution in [2.24, 2.45) is 5.41 Å². The molecule has 64 valence electrons. The second-order valence-corrected chi connectivity index (χ2v) is 4.02. The molecule has 0 aliphatic carbocycles. The molecule has 0 aliphatic heterocycles. The maximum Gasteiger partial charge on any atom is 0.0866 e. The first-order valence-electron chi connectivity index (χ1n) is 4.09. The van der Waals surface area contributed by atoms with E-state index < -0.39 is 0 Å². The molecule has 0 N–H and O–H groups in total. The molecule has 0 spiro atoms. The van der Waals surface area contributed by atoms with Gasteiger partial charge >= 0.3 is 0 Å². The number of hydrogen-bond donors (Lipinski definition) is 0. The van der Waals surface area contributed by atoms with Crippen LogP contribution < -0.4 is 0 Å². The standard InChI is InChI=1S/C9H18N2/c1-5-11(7-6-10)8-9(2,3)4/h5,7-8H2,1-4H3. The molecule has 0 saturated carbocycles. The number of hydrogen-bond acceptors (Lipinski definition) is 2. The van der Waals surface area contributed by atoms with Gasteiger partial charge in [-0.05, 0) is 12.0 Å². The van der Waals surface area contributed by atoms with Gasteiger partial charge < -0.3 is 0 Å². The minimum absolute atomic E-state index is 0.298. The van der Waals surface area contributed by atoms with Crippen LogP contribution in [-0.4, -0.2) is 24.5 Å². The lowest BCUT2D eigenvalue weighted by molar-refractivity contribution is 0.218. The fraction of sp³-hybridized carbons (Fsp3) is 0.889. The zero-order chi connectivity index (χ0) is 8.91. The fourth-order valence-corrected chi connectivity index (χ4v) is 1.05. The minimum atomic E-state index is 0.298. The lowest BCUT2D eigenvalue weighted by Crippen LogP contribution is -2.32. The highest BCUT2D eigenvalue weighted by atomic mass is 15.1. The molecular formula is C9H18N2. The molecule has 0 aromatic rings. The molecule has 0 heterocycles. The number of rotatable bonds is 3. The predicted molar refractivity (Wildman–Crippen MR) is 47.2 cm³/mol. The second kappa shape index (κ2) is 4.35. The van der Waals surface area contributed by atoms with E-state index in [2.05, 4.69) is 38.7 Å². The van der Waals surface area contributed by atoms with Crippen LogP contribution in [0.2, 0.25) is 0 Å². The third-order valence-electron chi connectivity index (χ3n) is 1.44. The summed E-state index contributed by atoms with van der Waals surface area (Å²) in [6.45, 7) is 11.2. The maximum absolute atomic E-state index is 8.47. The summed E-state index contributed by atoms with van der Waals surface area (Å²) in [5, 5.41) is 8.47. The zero-order valence-corrected chi connectivity index (χ0v) is 8.02. The molecule has 0 saturated heterocycles. The first-order chi connectivity index (χ1) is 4.99.